The molecule has 0 amide bonds. The van der Waals surface area contributed by atoms with E-state index in [4.69, 9.17) is 10.8 Å². The van der Waals surface area contributed by atoms with E-state index in [0.717, 1.165) is 0 Å². The summed E-state index contributed by atoms with van der Waals surface area (Å²) in [4.78, 5) is 21.3. The van der Waals surface area contributed by atoms with Gasteiger partial charge in [-0.25, -0.2) is 4.79 Å². The zero-order valence-electron chi connectivity index (χ0n) is 9.29. The number of esters is 1. The van der Waals surface area contributed by atoms with Crippen molar-refractivity contribution in [2.45, 2.75) is 44.8 Å². The largest absolute Gasteiger partial charge is 0.480 e. The summed E-state index contributed by atoms with van der Waals surface area (Å²) in [6, 6.07) is -1.80. The van der Waals surface area contributed by atoms with Crippen molar-refractivity contribution in [2.75, 3.05) is 0 Å². The number of hydrogen-bond donors (Lipinski definition) is 2. The second-order valence-corrected chi connectivity index (χ2v) is 4.36. The van der Waals surface area contributed by atoms with E-state index < -0.39 is 35.9 Å². The van der Waals surface area contributed by atoms with Crippen molar-refractivity contribution in [1.29, 1.82) is 0 Å². The molecule has 0 aliphatic heterocycles. The summed E-state index contributed by atoms with van der Waals surface area (Å²) in [5.74, 6) is -7.26. The molecule has 1 atom stereocenters. The van der Waals surface area contributed by atoms with Crippen LogP contribution in [-0.2, 0) is 14.3 Å². The normalized spacial score (nSPS) is 14.4. The van der Waals surface area contributed by atoms with Crippen LogP contribution >= 0.6 is 0 Å². The molecule has 0 radical (unpaired) electrons. The summed E-state index contributed by atoms with van der Waals surface area (Å²) in [6.45, 7) is 4.29. The van der Waals surface area contributed by atoms with E-state index in [2.05, 4.69) is 4.74 Å². The predicted octanol–water partition coefficient (Wildman–Crippen LogP) is 0.765. The molecule has 0 aromatic heterocycles. The monoisotopic (exact) mass is 239 g/mol. The van der Waals surface area contributed by atoms with Gasteiger partial charge in [-0.1, -0.05) is 0 Å². The van der Waals surface area contributed by atoms with Gasteiger partial charge in [-0.05, 0) is 20.8 Å². The molecule has 5 nitrogen and oxygen atoms in total. The van der Waals surface area contributed by atoms with Crippen LogP contribution in [0.2, 0.25) is 0 Å². The molecule has 0 rings (SSSR count). The number of carbonyl (C=O) groups excluding carboxylic acids is 1. The summed E-state index contributed by atoms with van der Waals surface area (Å²) < 4.78 is 30.7. The molecule has 0 aliphatic carbocycles. The molecule has 0 bridgehead atoms. The topological polar surface area (TPSA) is 89.6 Å². The third-order valence-corrected chi connectivity index (χ3v) is 1.49. The van der Waals surface area contributed by atoms with Crippen LogP contribution in [-0.4, -0.2) is 34.6 Å². The molecule has 0 aromatic carbocycles. The Hall–Kier alpha value is -1.24. The van der Waals surface area contributed by atoms with Gasteiger partial charge in [-0.15, -0.1) is 0 Å². The number of nitrogens with two attached hydrogens (primary N) is 1. The summed E-state index contributed by atoms with van der Waals surface area (Å²) in [7, 11) is 0. The van der Waals surface area contributed by atoms with Crippen LogP contribution < -0.4 is 5.73 Å². The molecule has 0 fully saturated rings. The number of carboxylic acids is 1. The highest BCUT2D eigenvalue weighted by atomic mass is 19.3. The van der Waals surface area contributed by atoms with Crippen molar-refractivity contribution in [3.63, 3.8) is 0 Å². The van der Waals surface area contributed by atoms with Crippen molar-refractivity contribution in [3.05, 3.63) is 0 Å². The van der Waals surface area contributed by atoms with Crippen molar-refractivity contribution in [3.8, 4) is 0 Å². The minimum atomic E-state index is -3.90. The maximum absolute atomic E-state index is 13.1. The van der Waals surface area contributed by atoms with Gasteiger partial charge in [-0.2, -0.15) is 8.78 Å². The molecular weight excluding hydrogens is 224 g/mol. The van der Waals surface area contributed by atoms with E-state index in [-0.39, 0.29) is 0 Å². The number of halogens is 2. The first-order valence-electron chi connectivity index (χ1n) is 4.55. The van der Waals surface area contributed by atoms with Gasteiger partial charge in [0.1, 0.15) is 11.6 Å². The Labute approximate surface area is 91.6 Å². The Kier molecular flexibility index (Phi) is 4.36. The highest BCUT2D eigenvalue weighted by Crippen LogP contribution is 2.24. The van der Waals surface area contributed by atoms with E-state index in [1.165, 1.54) is 20.8 Å². The standard InChI is InChI=1S/C9H15F2NO4/c1-8(2,3)16-7(15)9(10,11)4-5(12)6(13)14/h5H,4,12H2,1-3H3,(H,13,14). The third kappa shape index (κ3) is 5.01. The lowest BCUT2D eigenvalue weighted by Crippen LogP contribution is -2.43. The zero-order valence-corrected chi connectivity index (χ0v) is 9.29. The van der Waals surface area contributed by atoms with Crippen molar-refractivity contribution in [1.82, 2.24) is 0 Å². The highest BCUT2D eigenvalue weighted by Gasteiger charge is 2.45. The summed E-state index contributed by atoms with van der Waals surface area (Å²) in [5, 5.41) is 8.35. The second-order valence-electron chi connectivity index (χ2n) is 4.36. The lowest BCUT2D eigenvalue weighted by molar-refractivity contribution is -0.185. The molecule has 1 unspecified atom stereocenters. The molecule has 94 valence electrons. The van der Waals surface area contributed by atoms with Gasteiger partial charge >= 0.3 is 17.9 Å². The molecule has 0 heterocycles. The average Bonchev–Trinajstić information content (AvgIpc) is 1.99. The van der Waals surface area contributed by atoms with Gasteiger partial charge in [0, 0.05) is 6.42 Å². The number of ether oxygens (including phenoxy) is 1. The van der Waals surface area contributed by atoms with E-state index in [1.54, 1.807) is 0 Å². The number of aliphatic carboxylic acids is 1. The Morgan fingerprint density at radius 3 is 2.12 bits per heavy atom. The molecule has 16 heavy (non-hydrogen) atoms. The number of hydrogen-bond acceptors (Lipinski definition) is 4. The number of rotatable bonds is 4. The summed E-state index contributed by atoms with van der Waals surface area (Å²) >= 11 is 0. The van der Waals surface area contributed by atoms with Gasteiger partial charge in [-0.3, -0.25) is 4.79 Å². The maximum Gasteiger partial charge on any atom is 0.377 e. The van der Waals surface area contributed by atoms with Crippen LogP contribution in [0.15, 0.2) is 0 Å². The SMILES string of the molecule is CC(C)(C)OC(=O)C(F)(F)CC(N)C(=O)O. The lowest BCUT2D eigenvalue weighted by atomic mass is 10.1. The first-order valence-corrected chi connectivity index (χ1v) is 4.55. The quantitative estimate of drug-likeness (QED) is 0.707. The first-order chi connectivity index (χ1) is 6.96. The molecule has 7 heteroatoms. The Morgan fingerprint density at radius 2 is 1.81 bits per heavy atom. The van der Waals surface area contributed by atoms with Crippen LogP contribution in [0, 0.1) is 0 Å². The van der Waals surface area contributed by atoms with Crippen LogP contribution in [0.1, 0.15) is 27.2 Å². The highest BCUT2D eigenvalue weighted by molar-refractivity contribution is 5.80. The predicted molar refractivity (Wildman–Crippen MR) is 51.0 cm³/mol. The third-order valence-electron chi connectivity index (χ3n) is 1.49. The molecule has 0 spiro atoms. The lowest BCUT2D eigenvalue weighted by Gasteiger charge is -2.24. The van der Waals surface area contributed by atoms with Gasteiger partial charge < -0.3 is 15.6 Å². The van der Waals surface area contributed by atoms with E-state index in [1.807, 2.05) is 0 Å². The van der Waals surface area contributed by atoms with Crippen molar-refractivity contribution in [2.24, 2.45) is 5.73 Å². The van der Waals surface area contributed by atoms with Gasteiger partial charge in [0.15, 0.2) is 0 Å². The Balaban J connectivity index is 4.54. The van der Waals surface area contributed by atoms with Crippen molar-refractivity contribution >= 4 is 11.9 Å². The molecular formula is C9H15F2NO4. The molecule has 0 aromatic rings. The minimum absolute atomic E-state index is 1.06. The smallest absolute Gasteiger partial charge is 0.377 e. The fourth-order valence-electron chi connectivity index (χ4n) is 0.800. The van der Waals surface area contributed by atoms with Crippen LogP contribution in [0.4, 0.5) is 8.78 Å². The van der Waals surface area contributed by atoms with E-state index in [9.17, 15) is 18.4 Å². The van der Waals surface area contributed by atoms with E-state index >= 15 is 0 Å². The van der Waals surface area contributed by atoms with Gasteiger partial charge in [0.25, 0.3) is 0 Å². The Bertz CT molecular complexity index is 286. The molecule has 3 N–H and O–H groups in total. The molecule has 0 aliphatic rings. The van der Waals surface area contributed by atoms with Gasteiger partial charge in [0.05, 0.1) is 0 Å². The number of carboxylic acid groups (broad SMARTS) is 1. The minimum Gasteiger partial charge on any atom is -0.480 e. The van der Waals surface area contributed by atoms with Crippen LogP contribution in [0.3, 0.4) is 0 Å². The summed E-state index contributed by atoms with van der Waals surface area (Å²) in [5.41, 5.74) is 3.86. The zero-order chi connectivity index (χ0) is 13.1. The van der Waals surface area contributed by atoms with Crippen molar-refractivity contribution < 1.29 is 28.2 Å². The molecule has 0 saturated carbocycles. The average molecular weight is 239 g/mol. The number of carbonyl (C=O) groups is 2. The fraction of sp³-hybridized carbons (Fsp3) is 0.778. The maximum atomic E-state index is 13.1. The second kappa shape index (κ2) is 4.73. The first kappa shape index (κ1) is 14.8. The van der Waals surface area contributed by atoms with E-state index in [0.29, 0.717) is 0 Å². The number of alkyl halides is 2. The van der Waals surface area contributed by atoms with Crippen LogP contribution in [0.5, 0.6) is 0 Å². The summed E-state index contributed by atoms with van der Waals surface area (Å²) in [6.07, 6.45) is -1.28. The van der Waals surface area contributed by atoms with Gasteiger partial charge in [0.2, 0.25) is 0 Å². The molecule has 0 saturated heterocycles. The fourth-order valence-corrected chi connectivity index (χ4v) is 0.800. The Morgan fingerprint density at radius 1 is 1.38 bits per heavy atom. The van der Waals surface area contributed by atoms with Crippen LogP contribution in [0.25, 0.3) is 0 Å².